The van der Waals surface area contributed by atoms with Crippen LogP contribution in [0.25, 0.3) is 0 Å². The van der Waals surface area contributed by atoms with E-state index in [0.717, 1.165) is 0 Å². The van der Waals surface area contributed by atoms with Crippen LogP contribution in [0.1, 0.15) is 47.4 Å². The summed E-state index contributed by atoms with van der Waals surface area (Å²) in [5.74, 6) is -0.607. The Hall–Kier alpha value is -2.86. The molecule has 3 rings (SSSR count). The van der Waals surface area contributed by atoms with E-state index in [9.17, 15) is 14.4 Å². The highest BCUT2D eigenvalue weighted by Gasteiger charge is 2.28. The van der Waals surface area contributed by atoms with Crippen LogP contribution < -0.4 is 10.6 Å². The fourth-order valence-corrected chi connectivity index (χ4v) is 3.61. The van der Waals surface area contributed by atoms with Crippen molar-refractivity contribution in [3.8, 4) is 0 Å². The van der Waals surface area contributed by atoms with Crippen LogP contribution in [0.3, 0.4) is 0 Å². The van der Waals surface area contributed by atoms with Gasteiger partial charge in [-0.2, -0.15) is 0 Å². The van der Waals surface area contributed by atoms with Crippen LogP contribution >= 0.6 is 11.6 Å². The van der Waals surface area contributed by atoms with E-state index in [2.05, 4.69) is 10.6 Å². The standard InChI is InChI=1S/C23H26ClN3O3/c1-15(2)25-22(29)19-5-3-4-6-20(19)26-21(28)16-11-13-27(14-12-16)23(30)17-7-9-18(24)10-8-17/h3-10,15-16H,11-14H2,1-2H3,(H,25,29)(H,26,28). The lowest BCUT2D eigenvalue weighted by Gasteiger charge is -2.31. The molecule has 2 aromatic carbocycles. The van der Waals surface area contributed by atoms with Crippen molar-refractivity contribution in [1.82, 2.24) is 10.2 Å². The highest BCUT2D eigenvalue weighted by molar-refractivity contribution is 6.30. The van der Waals surface area contributed by atoms with E-state index in [1.807, 2.05) is 13.8 Å². The summed E-state index contributed by atoms with van der Waals surface area (Å²) >= 11 is 5.88. The minimum absolute atomic E-state index is 0.00348. The average Bonchev–Trinajstić information content (AvgIpc) is 2.73. The first-order chi connectivity index (χ1) is 14.3. The maximum Gasteiger partial charge on any atom is 0.253 e. The molecule has 2 aromatic rings. The molecule has 0 bridgehead atoms. The number of hydrogen-bond acceptors (Lipinski definition) is 3. The van der Waals surface area contributed by atoms with Gasteiger partial charge in [0, 0.05) is 35.6 Å². The fraction of sp³-hybridized carbons (Fsp3) is 0.348. The largest absolute Gasteiger partial charge is 0.350 e. The second-order valence-electron chi connectivity index (χ2n) is 7.74. The Kier molecular flexibility index (Phi) is 7.11. The number of rotatable bonds is 5. The van der Waals surface area contributed by atoms with Gasteiger partial charge in [-0.15, -0.1) is 0 Å². The number of para-hydroxylation sites is 1. The summed E-state index contributed by atoms with van der Waals surface area (Å²) in [6.45, 7) is 4.79. The highest BCUT2D eigenvalue weighted by atomic mass is 35.5. The summed E-state index contributed by atoms with van der Waals surface area (Å²) in [5, 5.41) is 6.33. The Balaban J connectivity index is 1.59. The van der Waals surface area contributed by atoms with Gasteiger partial charge in [-0.3, -0.25) is 14.4 Å². The number of piperidine rings is 1. The molecule has 158 valence electrons. The van der Waals surface area contributed by atoms with Gasteiger partial charge < -0.3 is 15.5 Å². The van der Waals surface area contributed by atoms with Gasteiger partial charge in [-0.1, -0.05) is 23.7 Å². The van der Waals surface area contributed by atoms with Gasteiger partial charge in [0.05, 0.1) is 11.3 Å². The van der Waals surface area contributed by atoms with Crippen molar-refractivity contribution < 1.29 is 14.4 Å². The number of halogens is 1. The normalized spacial score (nSPS) is 14.5. The van der Waals surface area contributed by atoms with Gasteiger partial charge in [0.15, 0.2) is 0 Å². The van der Waals surface area contributed by atoms with Crippen LogP contribution in [0.5, 0.6) is 0 Å². The van der Waals surface area contributed by atoms with Crippen LogP contribution in [-0.4, -0.2) is 41.8 Å². The van der Waals surface area contributed by atoms with Gasteiger partial charge in [-0.25, -0.2) is 0 Å². The van der Waals surface area contributed by atoms with Crippen LogP contribution in [0, 0.1) is 5.92 Å². The predicted octanol–water partition coefficient (Wildman–Crippen LogP) is 3.97. The van der Waals surface area contributed by atoms with Crippen molar-refractivity contribution in [2.24, 2.45) is 5.92 Å². The Morgan fingerprint density at radius 3 is 2.27 bits per heavy atom. The van der Waals surface area contributed by atoms with E-state index >= 15 is 0 Å². The van der Waals surface area contributed by atoms with Crippen molar-refractivity contribution in [3.63, 3.8) is 0 Å². The first kappa shape index (κ1) is 21.8. The lowest BCUT2D eigenvalue weighted by Crippen LogP contribution is -2.41. The first-order valence-corrected chi connectivity index (χ1v) is 10.5. The number of likely N-dealkylation sites (tertiary alicyclic amines) is 1. The second-order valence-corrected chi connectivity index (χ2v) is 8.17. The Bertz CT molecular complexity index is 920. The SMILES string of the molecule is CC(C)NC(=O)c1ccccc1NC(=O)C1CCN(C(=O)c2ccc(Cl)cc2)CC1. The van der Waals surface area contributed by atoms with Gasteiger partial charge in [-0.05, 0) is 63.1 Å². The van der Waals surface area contributed by atoms with Crippen LogP contribution in [-0.2, 0) is 4.79 Å². The summed E-state index contributed by atoms with van der Waals surface area (Å²) in [5.41, 5.74) is 1.53. The number of anilines is 1. The van der Waals surface area contributed by atoms with Crippen LogP contribution in [0.15, 0.2) is 48.5 Å². The summed E-state index contributed by atoms with van der Waals surface area (Å²) in [7, 11) is 0. The molecule has 0 spiro atoms. The predicted molar refractivity (Wildman–Crippen MR) is 118 cm³/mol. The van der Waals surface area contributed by atoms with Crippen LogP contribution in [0.2, 0.25) is 5.02 Å². The topological polar surface area (TPSA) is 78.5 Å². The molecule has 2 N–H and O–H groups in total. The average molecular weight is 428 g/mol. The molecule has 1 aliphatic heterocycles. The third-order valence-corrected chi connectivity index (χ3v) is 5.35. The van der Waals surface area contributed by atoms with Crippen molar-refractivity contribution in [2.45, 2.75) is 32.7 Å². The molecule has 0 unspecified atom stereocenters. The molecule has 7 heteroatoms. The zero-order valence-electron chi connectivity index (χ0n) is 17.2. The van der Waals surface area contributed by atoms with E-state index in [-0.39, 0.29) is 29.7 Å². The summed E-state index contributed by atoms with van der Waals surface area (Å²) < 4.78 is 0. The lowest BCUT2D eigenvalue weighted by molar-refractivity contribution is -0.121. The van der Waals surface area contributed by atoms with Crippen LogP contribution in [0.4, 0.5) is 5.69 Å². The van der Waals surface area contributed by atoms with Crippen molar-refractivity contribution >= 4 is 35.0 Å². The molecule has 6 nitrogen and oxygen atoms in total. The minimum Gasteiger partial charge on any atom is -0.350 e. The lowest BCUT2D eigenvalue weighted by atomic mass is 9.95. The van der Waals surface area contributed by atoms with Crippen molar-refractivity contribution in [2.75, 3.05) is 18.4 Å². The Labute approximate surface area is 181 Å². The molecule has 1 heterocycles. The zero-order valence-corrected chi connectivity index (χ0v) is 17.9. The zero-order chi connectivity index (χ0) is 21.7. The number of carbonyl (C=O) groups excluding carboxylic acids is 3. The molecular weight excluding hydrogens is 402 g/mol. The molecular formula is C23H26ClN3O3. The molecule has 1 fully saturated rings. The summed E-state index contributed by atoms with van der Waals surface area (Å²) in [6.07, 6.45) is 1.15. The van der Waals surface area contributed by atoms with E-state index in [1.165, 1.54) is 0 Å². The second kappa shape index (κ2) is 9.76. The van der Waals surface area contributed by atoms with E-state index in [1.54, 1.807) is 53.4 Å². The number of nitrogens with one attached hydrogen (secondary N) is 2. The Morgan fingerprint density at radius 2 is 1.63 bits per heavy atom. The highest BCUT2D eigenvalue weighted by Crippen LogP contribution is 2.23. The smallest absolute Gasteiger partial charge is 0.253 e. The third-order valence-electron chi connectivity index (χ3n) is 5.09. The van der Waals surface area contributed by atoms with Gasteiger partial charge in [0.2, 0.25) is 5.91 Å². The monoisotopic (exact) mass is 427 g/mol. The fourth-order valence-electron chi connectivity index (χ4n) is 3.48. The molecule has 1 aliphatic rings. The summed E-state index contributed by atoms with van der Waals surface area (Å²) in [4.78, 5) is 39.6. The molecule has 0 aromatic heterocycles. The number of nitrogens with zero attached hydrogens (tertiary/aromatic N) is 1. The van der Waals surface area contributed by atoms with E-state index in [4.69, 9.17) is 11.6 Å². The summed E-state index contributed by atoms with van der Waals surface area (Å²) in [6, 6.07) is 13.8. The molecule has 1 saturated heterocycles. The number of hydrogen-bond donors (Lipinski definition) is 2. The maximum atomic E-state index is 12.8. The molecule has 0 atom stereocenters. The molecule has 0 aliphatic carbocycles. The molecule has 30 heavy (non-hydrogen) atoms. The van der Waals surface area contributed by atoms with E-state index < -0.39 is 0 Å². The van der Waals surface area contributed by atoms with E-state index in [0.29, 0.717) is 47.8 Å². The van der Waals surface area contributed by atoms with Gasteiger partial charge >= 0.3 is 0 Å². The quantitative estimate of drug-likeness (QED) is 0.757. The molecule has 0 saturated carbocycles. The third kappa shape index (κ3) is 5.39. The number of carbonyl (C=O) groups is 3. The molecule has 3 amide bonds. The maximum absolute atomic E-state index is 12.8. The van der Waals surface area contributed by atoms with Gasteiger partial charge in [0.1, 0.15) is 0 Å². The van der Waals surface area contributed by atoms with Crippen molar-refractivity contribution in [1.29, 1.82) is 0 Å². The minimum atomic E-state index is -0.218. The molecule has 0 radical (unpaired) electrons. The Morgan fingerprint density at radius 1 is 1.00 bits per heavy atom. The number of amides is 3. The number of benzene rings is 2. The first-order valence-electron chi connectivity index (χ1n) is 10.1. The van der Waals surface area contributed by atoms with Gasteiger partial charge in [0.25, 0.3) is 11.8 Å². The van der Waals surface area contributed by atoms with Crippen molar-refractivity contribution in [3.05, 3.63) is 64.7 Å².